The van der Waals surface area contributed by atoms with Crippen LogP contribution in [0.15, 0.2) is 79.4 Å². The highest BCUT2D eigenvalue weighted by Crippen LogP contribution is 2.39. The summed E-state index contributed by atoms with van der Waals surface area (Å²) in [6.07, 6.45) is 9.26. The fourth-order valence-electron chi connectivity index (χ4n) is 5.74. The second kappa shape index (κ2) is 8.84. The van der Waals surface area contributed by atoms with Crippen molar-refractivity contribution in [3.05, 3.63) is 107 Å². The van der Waals surface area contributed by atoms with Crippen molar-refractivity contribution in [2.75, 3.05) is 19.6 Å². The number of aryl methyl sites for hydroxylation is 4. The van der Waals surface area contributed by atoms with Gasteiger partial charge >= 0.3 is 0 Å². The maximum Gasteiger partial charge on any atom is 0.107 e. The third-order valence-corrected chi connectivity index (χ3v) is 7.61. The third kappa shape index (κ3) is 3.78. The van der Waals surface area contributed by atoms with Crippen LogP contribution in [0.2, 0.25) is 0 Å². The molecule has 0 amide bonds. The summed E-state index contributed by atoms with van der Waals surface area (Å²) < 4.78 is 0. The molecule has 2 atom stereocenters. The van der Waals surface area contributed by atoms with E-state index < -0.39 is 0 Å². The predicted octanol–water partition coefficient (Wildman–Crippen LogP) is 7.52. The predicted molar refractivity (Wildman–Crippen MR) is 150 cm³/mol. The van der Waals surface area contributed by atoms with E-state index in [1.807, 2.05) is 0 Å². The lowest BCUT2D eigenvalue weighted by Crippen LogP contribution is -2.38. The zero-order valence-corrected chi connectivity index (χ0v) is 21.9. The molecule has 3 aromatic carbocycles. The SMILES string of the molecule is Cc1cccc(C)c1N1C=CN(c2cccc(N3C=CN(c4c(C)cccc4C)[C@H]3C)c2C)[C@H]1C. The molecule has 5 rings (SSSR count). The molecule has 0 aliphatic carbocycles. The van der Waals surface area contributed by atoms with E-state index in [2.05, 4.69) is 147 Å². The average Bonchev–Trinajstić information content (AvgIpc) is 3.37. The molecular weight excluding hydrogens is 428 g/mol. The summed E-state index contributed by atoms with van der Waals surface area (Å²) >= 11 is 0. The van der Waals surface area contributed by atoms with Crippen molar-refractivity contribution in [2.24, 2.45) is 0 Å². The standard InChI is InChI=1S/C31H36N4/c1-21-11-8-12-22(2)30(21)34-19-17-32(26(34)6)28-15-10-16-29(25(28)5)33-18-20-35(27(33)7)31-23(3)13-9-14-24(31)4/h8-20,26-27H,1-7H3/t26-,27+. The van der Waals surface area contributed by atoms with Crippen molar-refractivity contribution >= 4 is 22.7 Å². The number of hydrogen-bond donors (Lipinski definition) is 0. The van der Waals surface area contributed by atoms with Crippen molar-refractivity contribution in [3.63, 3.8) is 0 Å². The summed E-state index contributed by atoms with van der Waals surface area (Å²) in [4.78, 5) is 9.55. The molecule has 2 aliphatic heterocycles. The van der Waals surface area contributed by atoms with Crippen LogP contribution in [0.4, 0.5) is 22.7 Å². The van der Waals surface area contributed by atoms with Crippen molar-refractivity contribution in [1.29, 1.82) is 0 Å². The number of nitrogens with zero attached hydrogens (tertiary/aromatic N) is 4. The molecule has 180 valence electrons. The molecule has 2 heterocycles. The van der Waals surface area contributed by atoms with Gasteiger partial charge < -0.3 is 19.6 Å². The Kier molecular flexibility index (Phi) is 5.84. The molecule has 2 aliphatic rings. The van der Waals surface area contributed by atoms with Gasteiger partial charge in [0.2, 0.25) is 0 Å². The number of para-hydroxylation sites is 2. The Bertz CT molecular complexity index is 1180. The van der Waals surface area contributed by atoms with Crippen LogP contribution in [0.3, 0.4) is 0 Å². The minimum Gasteiger partial charge on any atom is -0.325 e. The molecule has 0 fully saturated rings. The first-order valence-corrected chi connectivity index (χ1v) is 12.5. The molecule has 0 unspecified atom stereocenters. The first kappa shape index (κ1) is 23.1. The van der Waals surface area contributed by atoms with Gasteiger partial charge in [0.15, 0.2) is 0 Å². The van der Waals surface area contributed by atoms with Gasteiger partial charge in [-0.25, -0.2) is 0 Å². The van der Waals surface area contributed by atoms with Gasteiger partial charge in [0, 0.05) is 47.5 Å². The van der Waals surface area contributed by atoms with E-state index in [0.717, 1.165) is 0 Å². The molecule has 0 saturated heterocycles. The van der Waals surface area contributed by atoms with Gasteiger partial charge in [-0.05, 0) is 88.4 Å². The monoisotopic (exact) mass is 464 g/mol. The highest BCUT2D eigenvalue weighted by molar-refractivity contribution is 5.75. The van der Waals surface area contributed by atoms with Gasteiger partial charge in [0.05, 0.1) is 0 Å². The molecule has 35 heavy (non-hydrogen) atoms. The summed E-state index contributed by atoms with van der Waals surface area (Å²) in [7, 11) is 0. The van der Waals surface area contributed by atoms with Crippen molar-refractivity contribution in [1.82, 2.24) is 0 Å². The Morgan fingerprint density at radius 2 is 0.771 bits per heavy atom. The van der Waals surface area contributed by atoms with Gasteiger partial charge in [0.1, 0.15) is 12.3 Å². The highest BCUT2D eigenvalue weighted by atomic mass is 15.4. The van der Waals surface area contributed by atoms with E-state index in [0.29, 0.717) is 0 Å². The summed E-state index contributed by atoms with van der Waals surface area (Å²) in [5, 5.41) is 0. The van der Waals surface area contributed by atoms with Crippen LogP contribution < -0.4 is 19.6 Å². The number of hydrogen-bond acceptors (Lipinski definition) is 4. The second-order valence-electron chi connectivity index (χ2n) is 9.89. The maximum atomic E-state index is 2.39. The van der Waals surface area contributed by atoms with Gasteiger partial charge in [0.25, 0.3) is 0 Å². The molecule has 4 nitrogen and oxygen atoms in total. The molecular formula is C31H36N4. The Labute approximate surface area is 210 Å². The van der Waals surface area contributed by atoms with E-state index in [4.69, 9.17) is 0 Å². The van der Waals surface area contributed by atoms with Crippen LogP contribution in [0.5, 0.6) is 0 Å². The second-order valence-corrected chi connectivity index (χ2v) is 9.89. The number of benzene rings is 3. The topological polar surface area (TPSA) is 13.0 Å². The van der Waals surface area contributed by atoms with E-state index in [1.165, 1.54) is 50.6 Å². The molecule has 0 spiro atoms. The zero-order valence-electron chi connectivity index (χ0n) is 21.9. The minimum absolute atomic E-state index is 0.196. The van der Waals surface area contributed by atoms with E-state index in [1.54, 1.807) is 0 Å². The normalized spacial score (nSPS) is 19.4. The quantitative estimate of drug-likeness (QED) is 0.396. The van der Waals surface area contributed by atoms with E-state index in [-0.39, 0.29) is 12.3 Å². The molecule has 0 aromatic heterocycles. The first-order valence-electron chi connectivity index (χ1n) is 12.5. The largest absolute Gasteiger partial charge is 0.325 e. The van der Waals surface area contributed by atoms with Crippen LogP contribution in [0.25, 0.3) is 0 Å². The lowest BCUT2D eigenvalue weighted by atomic mass is 10.1. The van der Waals surface area contributed by atoms with Crippen LogP contribution in [-0.4, -0.2) is 12.3 Å². The van der Waals surface area contributed by atoms with Gasteiger partial charge in [-0.2, -0.15) is 0 Å². The van der Waals surface area contributed by atoms with Crippen LogP contribution >= 0.6 is 0 Å². The Morgan fingerprint density at radius 3 is 1.14 bits per heavy atom. The highest BCUT2D eigenvalue weighted by Gasteiger charge is 2.30. The van der Waals surface area contributed by atoms with Crippen molar-refractivity contribution < 1.29 is 0 Å². The third-order valence-electron chi connectivity index (χ3n) is 7.61. The summed E-state index contributed by atoms with van der Waals surface area (Å²) in [6, 6.07) is 19.7. The Hall–Kier alpha value is -3.66. The smallest absolute Gasteiger partial charge is 0.107 e. The number of anilines is 4. The van der Waals surface area contributed by atoms with Crippen LogP contribution in [0, 0.1) is 34.6 Å². The summed E-state index contributed by atoms with van der Waals surface area (Å²) in [6.45, 7) is 15.6. The Balaban J connectivity index is 1.44. The number of rotatable bonds is 4. The molecule has 4 heteroatoms. The van der Waals surface area contributed by atoms with Crippen molar-refractivity contribution in [2.45, 2.75) is 60.8 Å². The Morgan fingerprint density at radius 1 is 0.457 bits per heavy atom. The van der Waals surface area contributed by atoms with Gasteiger partial charge in [-0.3, -0.25) is 0 Å². The molecule has 3 aromatic rings. The minimum atomic E-state index is 0.196. The van der Waals surface area contributed by atoms with Gasteiger partial charge in [-0.15, -0.1) is 0 Å². The summed E-state index contributed by atoms with van der Waals surface area (Å²) in [5.41, 5.74) is 11.6. The summed E-state index contributed by atoms with van der Waals surface area (Å²) in [5.74, 6) is 0. The molecule has 0 bridgehead atoms. The first-order chi connectivity index (χ1) is 16.8. The lowest BCUT2D eigenvalue weighted by Gasteiger charge is -2.35. The van der Waals surface area contributed by atoms with Crippen LogP contribution in [-0.2, 0) is 0 Å². The van der Waals surface area contributed by atoms with E-state index >= 15 is 0 Å². The van der Waals surface area contributed by atoms with Crippen LogP contribution in [0.1, 0.15) is 41.7 Å². The molecule has 0 N–H and O–H groups in total. The molecule has 0 radical (unpaired) electrons. The maximum absolute atomic E-state index is 2.39. The fourth-order valence-corrected chi connectivity index (χ4v) is 5.74. The van der Waals surface area contributed by atoms with Crippen molar-refractivity contribution in [3.8, 4) is 0 Å². The molecule has 0 saturated carbocycles. The average molecular weight is 465 g/mol. The lowest BCUT2D eigenvalue weighted by molar-refractivity contribution is 0.736. The zero-order chi connectivity index (χ0) is 24.9. The fraction of sp³-hybridized carbons (Fsp3) is 0.290. The van der Waals surface area contributed by atoms with Gasteiger partial charge in [-0.1, -0.05) is 42.5 Å². The van der Waals surface area contributed by atoms with E-state index in [9.17, 15) is 0 Å².